The lowest BCUT2D eigenvalue weighted by atomic mass is 10.2. The number of aromatic nitrogens is 3. The fraction of sp³-hybridized carbons (Fsp3) is 0.250. The lowest BCUT2D eigenvalue weighted by Crippen LogP contribution is -2.25. The van der Waals surface area contributed by atoms with Gasteiger partial charge in [0.25, 0.3) is 0 Å². The second kappa shape index (κ2) is 10.0. The summed E-state index contributed by atoms with van der Waals surface area (Å²) < 4.78 is 41.2. The number of nitrogens with one attached hydrogen (secondary N) is 1. The Labute approximate surface area is 193 Å². The van der Waals surface area contributed by atoms with Crippen molar-refractivity contribution in [3.63, 3.8) is 0 Å². The van der Waals surface area contributed by atoms with E-state index < -0.39 is 10.0 Å². The third-order valence-corrected chi connectivity index (χ3v) is 6.44. The number of nitrogens with zero attached hydrogens (tertiary/aromatic N) is 3. The quantitative estimate of drug-likeness (QED) is 0.382. The van der Waals surface area contributed by atoms with Crippen LogP contribution in [0.1, 0.15) is 25.2 Å². The molecule has 1 N–H and O–H groups in total. The van der Waals surface area contributed by atoms with E-state index in [0.29, 0.717) is 42.5 Å². The van der Waals surface area contributed by atoms with Crippen molar-refractivity contribution in [3.05, 3.63) is 78.2 Å². The van der Waals surface area contributed by atoms with Crippen molar-refractivity contribution in [1.29, 1.82) is 0 Å². The highest BCUT2D eigenvalue weighted by atomic mass is 32.2. The van der Waals surface area contributed by atoms with E-state index in [0.717, 1.165) is 11.3 Å². The van der Waals surface area contributed by atoms with Gasteiger partial charge < -0.3 is 14.0 Å². The van der Waals surface area contributed by atoms with Crippen LogP contribution in [-0.2, 0) is 23.1 Å². The molecule has 0 aliphatic rings. The smallest absolute Gasteiger partial charge is 0.240 e. The zero-order valence-corrected chi connectivity index (χ0v) is 19.4. The van der Waals surface area contributed by atoms with Crippen LogP contribution >= 0.6 is 0 Å². The summed E-state index contributed by atoms with van der Waals surface area (Å²) in [6, 6.07) is 17.8. The van der Waals surface area contributed by atoms with E-state index in [2.05, 4.69) is 14.7 Å². The fourth-order valence-corrected chi connectivity index (χ4v) is 4.45. The molecule has 0 unspecified atom stereocenters. The maximum Gasteiger partial charge on any atom is 0.240 e. The Balaban J connectivity index is 1.57. The summed E-state index contributed by atoms with van der Waals surface area (Å²) in [5.74, 6) is 2.00. The number of sulfonamides is 1. The van der Waals surface area contributed by atoms with Crippen LogP contribution in [0.5, 0.6) is 11.5 Å². The van der Waals surface area contributed by atoms with Crippen LogP contribution in [0.25, 0.3) is 11.2 Å². The van der Waals surface area contributed by atoms with Crippen molar-refractivity contribution >= 4 is 21.2 Å². The van der Waals surface area contributed by atoms with Gasteiger partial charge in [0, 0.05) is 6.20 Å². The molecule has 9 heteroatoms. The van der Waals surface area contributed by atoms with Crippen molar-refractivity contribution in [2.24, 2.45) is 0 Å². The average molecular weight is 467 g/mol. The van der Waals surface area contributed by atoms with Gasteiger partial charge in [0.1, 0.15) is 22.8 Å². The van der Waals surface area contributed by atoms with E-state index in [9.17, 15) is 8.42 Å². The van der Waals surface area contributed by atoms with Crippen molar-refractivity contribution in [2.75, 3.05) is 13.2 Å². The Bertz CT molecular complexity index is 1320. The maximum absolute atomic E-state index is 12.8. The van der Waals surface area contributed by atoms with E-state index in [1.54, 1.807) is 18.3 Å². The Morgan fingerprint density at radius 3 is 2.18 bits per heavy atom. The van der Waals surface area contributed by atoms with Gasteiger partial charge in [-0.05, 0) is 67.9 Å². The molecule has 33 heavy (non-hydrogen) atoms. The molecule has 4 rings (SSSR count). The lowest BCUT2D eigenvalue weighted by Gasteiger charge is -2.11. The van der Waals surface area contributed by atoms with Crippen LogP contribution < -0.4 is 14.2 Å². The molecule has 0 saturated carbocycles. The summed E-state index contributed by atoms with van der Waals surface area (Å²) in [4.78, 5) is 9.24. The predicted molar refractivity (Wildman–Crippen MR) is 126 cm³/mol. The number of imidazole rings is 1. The molecule has 4 aromatic rings. The largest absolute Gasteiger partial charge is 0.494 e. The lowest BCUT2D eigenvalue weighted by molar-refractivity contribution is 0.340. The van der Waals surface area contributed by atoms with Gasteiger partial charge in [0.15, 0.2) is 5.65 Å². The summed E-state index contributed by atoms with van der Waals surface area (Å²) >= 11 is 0. The predicted octanol–water partition coefficient (Wildman–Crippen LogP) is 3.76. The Hall–Kier alpha value is -3.43. The standard InChI is InChI=1S/C24H26N4O4S/c1-3-31-19-9-7-18(8-10-19)17-28-23(27-22-6-5-15-25-24(22)28)16-26-33(29,30)21-13-11-20(12-14-21)32-4-2/h5-15,26H,3-4,16-17H2,1-2H3. The van der Waals surface area contributed by atoms with Crippen molar-refractivity contribution in [1.82, 2.24) is 19.3 Å². The molecule has 2 aromatic carbocycles. The molecule has 0 radical (unpaired) electrons. The Kier molecular flexibility index (Phi) is 6.90. The molecular weight excluding hydrogens is 440 g/mol. The summed E-state index contributed by atoms with van der Waals surface area (Å²) in [6.07, 6.45) is 1.70. The third kappa shape index (κ3) is 5.32. The van der Waals surface area contributed by atoms with Crippen LogP contribution in [0.3, 0.4) is 0 Å². The molecule has 0 aliphatic heterocycles. The van der Waals surface area contributed by atoms with E-state index >= 15 is 0 Å². The summed E-state index contributed by atoms with van der Waals surface area (Å²) in [5.41, 5.74) is 2.43. The third-order valence-electron chi connectivity index (χ3n) is 5.02. The number of pyridine rings is 1. The van der Waals surface area contributed by atoms with Gasteiger partial charge >= 0.3 is 0 Å². The second-order valence-corrected chi connectivity index (χ2v) is 9.03. The number of ether oxygens (including phenoxy) is 2. The van der Waals surface area contributed by atoms with Crippen LogP contribution in [-0.4, -0.2) is 36.2 Å². The van der Waals surface area contributed by atoms with Crippen molar-refractivity contribution in [3.8, 4) is 11.5 Å². The number of benzene rings is 2. The fourth-order valence-electron chi connectivity index (χ4n) is 3.47. The molecule has 0 atom stereocenters. The minimum Gasteiger partial charge on any atom is -0.494 e. The zero-order chi connectivity index (χ0) is 23.3. The van der Waals surface area contributed by atoms with Crippen LogP contribution in [0.15, 0.2) is 71.8 Å². The van der Waals surface area contributed by atoms with Gasteiger partial charge in [-0.2, -0.15) is 0 Å². The maximum atomic E-state index is 12.8. The van der Waals surface area contributed by atoms with Crippen LogP contribution in [0.4, 0.5) is 0 Å². The molecule has 0 aliphatic carbocycles. The van der Waals surface area contributed by atoms with Gasteiger partial charge in [-0.3, -0.25) is 0 Å². The number of hydrogen-bond acceptors (Lipinski definition) is 6. The normalized spacial score (nSPS) is 11.6. The van der Waals surface area contributed by atoms with Gasteiger partial charge in [-0.1, -0.05) is 12.1 Å². The molecular formula is C24H26N4O4S. The van der Waals surface area contributed by atoms with E-state index in [-0.39, 0.29) is 11.4 Å². The minimum absolute atomic E-state index is 0.0307. The molecule has 0 fully saturated rings. The summed E-state index contributed by atoms with van der Waals surface area (Å²) in [6.45, 7) is 5.47. The molecule has 2 heterocycles. The molecule has 0 amide bonds. The highest BCUT2D eigenvalue weighted by Crippen LogP contribution is 2.20. The van der Waals surface area contributed by atoms with E-state index in [4.69, 9.17) is 9.47 Å². The van der Waals surface area contributed by atoms with E-state index in [1.165, 1.54) is 12.1 Å². The SMILES string of the molecule is CCOc1ccc(Cn2c(CNS(=O)(=O)c3ccc(OCC)cc3)nc3cccnc32)cc1. The molecule has 0 saturated heterocycles. The molecule has 2 aromatic heterocycles. The first-order valence-electron chi connectivity index (χ1n) is 10.7. The topological polar surface area (TPSA) is 95.3 Å². The average Bonchev–Trinajstić information content (AvgIpc) is 3.17. The van der Waals surface area contributed by atoms with E-state index in [1.807, 2.05) is 54.8 Å². The molecule has 0 bridgehead atoms. The Morgan fingerprint density at radius 1 is 0.909 bits per heavy atom. The van der Waals surface area contributed by atoms with Crippen LogP contribution in [0, 0.1) is 0 Å². The first-order valence-corrected chi connectivity index (χ1v) is 12.2. The number of rotatable bonds is 10. The summed E-state index contributed by atoms with van der Waals surface area (Å²) in [5, 5.41) is 0. The number of hydrogen-bond donors (Lipinski definition) is 1. The zero-order valence-electron chi connectivity index (χ0n) is 18.6. The van der Waals surface area contributed by atoms with Crippen LogP contribution in [0.2, 0.25) is 0 Å². The molecule has 8 nitrogen and oxygen atoms in total. The highest BCUT2D eigenvalue weighted by Gasteiger charge is 2.18. The van der Waals surface area contributed by atoms with Gasteiger partial charge in [0.2, 0.25) is 10.0 Å². The molecule has 172 valence electrons. The minimum atomic E-state index is -3.73. The van der Waals surface area contributed by atoms with Crippen molar-refractivity contribution < 1.29 is 17.9 Å². The second-order valence-electron chi connectivity index (χ2n) is 7.27. The van der Waals surface area contributed by atoms with Crippen molar-refractivity contribution in [2.45, 2.75) is 31.8 Å². The Morgan fingerprint density at radius 2 is 1.55 bits per heavy atom. The van der Waals surface area contributed by atoms with Gasteiger partial charge in [-0.15, -0.1) is 0 Å². The highest BCUT2D eigenvalue weighted by molar-refractivity contribution is 7.89. The molecule has 0 spiro atoms. The van der Waals surface area contributed by atoms with Gasteiger partial charge in [-0.25, -0.2) is 23.1 Å². The first kappa shape index (κ1) is 22.8. The number of fused-ring (bicyclic) bond motifs is 1. The monoisotopic (exact) mass is 466 g/mol. The first-order chi connectivity index (χ1) is 16.0. The van der Waals surface area contributed by atoms with Gasteiger partial charge in [0.05, 0.1) is 31.2 Å². The summed E-state index contributed by atoms with van der Waals surface area (Å²) in [7, 11) is -3.73.